The molecule has 0 aromatic heterocycles. The summed E-state index contributed by atoms with van der Waals surface area (Å²) in [6.07, 6.45) is 3.32. The van der Waals surface area contributed by atoms with E-state index in [1.807, 2.05) is 6.07 Å². The molecule has 0 spiro atoms. The topological polar surface area (TPSA) is 29.3 Å². The summed E-state index contributed by atoms with van der Waals surface area (Å²) in [5.41, 5.74) is 7.03. The Bertz CT molecular complexity index is 448. The highest BCUT2D eigenvalue weighted by Crippen LogP contribution is 2.31. The molecule has 2 N–H and O–H groups in total. The molecule has 1 aromatic carbocycles. The molecule has 3 unspecified atom stereocenters. The summed E-state index contributed by atoms with van der Waals surface area (Å²) in [5, 5.41) is 0. The second-order valence-electron chi connectivity index (χ2n) is 6.56. The maximum absolute atomic E-state index is 13.4. The zero-order valence-electron chi connectivity index (χ0n) is 12.9. The quantitative estimate of drug-likeness (QED) is 0.916. The highest BCUT2D eigenvalue weighted by molar-refractivity contribution is 5.19. The minimum absolute atomic E-state index is 0.0953. The maximum atomic E-state index is 13.4. The third-order valence-corrected chi connectivity index (χ3v) is 4.98. The Morgan fingerprint density at radius 2 is 2.15 bits per heavy atom. The van der Waals surface area contributed by atoms with E-state index in [0.717, 1.165) is 18.5 Å². The Kier molecular flexibility index (Phi) is 4.82. The zero-order valence-corrected chi connectivity index (χ0v) is 12.9. The standard InChI is InChI=1S/C17H27FN2/c1-13-6-5-9-20(14(13)2)17(3,12-19)11-15-7-4-8-16(18)10-15/h4,7-8,10,13-14H,5-6,9,11-12,19H2,1-3H3. The molecule has 1 aromatic rings. The lowest BCUT2D eigenvalue weighted by molar-refractivity contribution is 0.0147. The summed E-state index contributed by atoms with van der Waals surface area (Å²) in [6, 6.07) is 7.44. The molecule has 112 valence electrons. The molecule has 0 bridgehead atoms. The number of halogens is 1. The fraction of sp³-hybridized carbons (Fsp3) is 0.647. The Morgan fingerprint density at radius 3 is 2.80 bits per heavy atom. The fourth-order valence-electron chi connectivity index (χ4n) is 3.47. The van der Waals surface area contributed by atoms with Crippen LogP contribution in [0.25, 0.3) is 0 Å². The molecule has 1 aliphatic rings. The molecular formula is C17H27FN2. The van der Waals surface area contributed by atoms with Crippen molar-refractivity contribution in [3.63, 3.8) is 0 Å². The third-order valence-electron chi connectivity index (χ3n) is 4.98. The first kappa shape index (κ1) is 15.5. The minimum atomic E-state index is -0.165. The minimum Gasteiger partial charge on any atom is -0.329 e. The van der Waals surface area contributed by atoms with Gasteiger partial charge in [0, 0.05) is 18.1 Å². The van der Waals surface area contributed by atoms with Crippen molar-refractivity contribution in [2.75, 3.05) is 13.1 Å². The normalized spacial score (nSPS) is 27.2. The van der Waals surface area contributed by atoms with Crippen LogP contribution in [-0.4, -0.2) is 29.6 Å². The van der Waals surface area contributed by atoms with Crippen molar-refractivity contribution < 1.29 is 4.39 Å². The van der Waals surface area contributed by atoms with Gasteiger partial charge < -0.3 is 5.73 Å². The van der Waals surface area contributed by atoms with E-state index >= 15 is 0 Å². The largest absolute Gasteiger partial charge is 0.329 e. The molecule has 1 fully saturated rings. The zero-order chi connectivity index (χ0) is 14.8. The van der Waals surface area contributed by atoms with Crippen LogP contribution in [0.15, 0.2) is 24.3 Å². The summed E-state index contributed by atoms with van der Waals surface area (Å²) in [6.45, 7) is 8.51. The SMILES string of the molecule is CC1CCCN(C(C)(CN)Cc2cccc(F)c2)C1C. The number of nitrogens with zero attached hydrogens (tertiary/aromatic N) is 1. The Hall–Kier alpha value is -0.930. The molecular weight excluding hydrogens is 251 g/mol. The van der Waals surface area contributed by atoms with Crippen LogP contribution >= 0.6 is 0 Å². The van der Waals surface area contributed by atoms with Crippen molar-refractivity contribution in [3.8, 4) is 0 Å². The molecule has 2 nitrogen and oxygen atoms in total. The number of piperidine rings is 1. The van der Waals surface area contributed by atoms with Gasteiger partial charge in [-0.1, -0.05) is 19.1 Å². The van der Waals surface area contributed by atoms with Gasteiger partial charge in [-0.3, -0.25) is 4.90 Å². The maximum Gasteiger partial charge on any atom is 0.123 e. The number of hydrogen-bond acceptors (Lipinski definition) is 2. The van der Waals surface area contributed by atoms with E-state index in [4.69, 9.17) is 5.73 Å². The van der Waals surface area contributed by atoms with Crippen LogP contribution in [-0.2, 0) is 6.42 Å². The Balaban J connectivity index is 2.19. The van der Waals surface area contributed by atoms with Crippen LogP contribution in [0, 0.1) is 11.7 Å². The van der Waals surface area contributed by atoms with E-state index in [9.17, 15) is 4.39 Å². The van der Waals surface area contributed by atoms with Gasteiger partial charge in [-0.25, -0.2) is 4.39 Å². The average Bonchev–Trinajstić information content (AvgIpc) is 2.41. The summed E-state index contributed by atoms with van der Waals surface area (Å²) >= 11 is 0. The number of rotatable bonds is 4. The molecule has 1 aliphatic heterocycles. The van der Waals surface area contributed by atoms with Crippen molar-refractivity contribution in [1.82, 2.24) is 4.90 Å². The molecule has 0 radical (unpaired) electrons. The molecule has 3 atom stereocenters. The number of benzene rings is 1. The second-order valence-corrected chi connectivity index (χ2v) is 6.56. The van der Waals surface area contributed by atoms with E-state index in [2.05, 4.69) is 25.7 Å². The van der Waals surface area contributed by atoms with Crippen LogP contribution in [0.2, 0.25) is 0 Å². The molecule has 1 saturated heterocycles. The molecule has 0 amide bonds. The molecule has 20 heavy (non-hydrogen) atoms. The van der Waals surface area contributed by atoms with Crippen molar-refractivity contribution in [1.29, 1.82) is 0 Å². The Labute approximate surface area is 122 Å². The summed E-state index contributed by atoms with van der Waals surface area (Å²) in [4.78, 5) is 2.53. The van der Waals surface area contributed by atoms with E-state index in [0.29, 0.717) is 18.5 Å². The lowest BCUT2D eigenvalue weighted by Crippen LogP contribution is -2.59. The first-order valence-corrected chi connectivity index (χ1v) is 7.67. The van der Waals surface area contributed by atoms with Gasteiger partial charge in [0.15, 0.2) is 0 Å². The van der Waals surface area contributed by atoms with Crippen LogP contribution in [0.1, 0.15) is 39.2 Å². The highest BCUT2D eigenvalue weighted by Gasteiger charge is 2.37. The van der Waals surface area contributed by atoms with Gasteiger partial charge in [0.05, 0.1) is 0 Å². The smallest absolute Gasteiger partial charge is 0.123 e. The molecule has 0 saturated carbocycles. The first-order chi connectivity index (χ1) is 9.46. The third kappa shape index (κ3) is 3.21. The van der Waals surface area contributed by atoms with Gasteiger partial charge in [0.2, 0.25) is 0 Å². The van der Waals surface area contributed by atoms with Crippen molar-refractivity contribution in [3.05, 3.63) is 35.6 Å². The van der Waals surface area contributed by atoms with Gasteiger partial charge in [-0.05, 0) is 63.3 Å². The van der Waals surface area contributed by atoms with E-state index in [1.165, 1.54) is 18.9 Å². The summed E-state index contributed by atoms with van der Waals surface area (Å²) in [7, 11) is 0. The lowest BCUT2D eigenvalue weighted by atomic mass is 9.83. The van der Waals surface area contributed by atoms with Crippen LogP contribution in [0.3, 0.4) is 0 Å². The summed E-state index contributed by atoms with van der Waals surface area (Å²) < 4.78 is 13.4. The number of hydrogen-bond donors (Lipinski definition) is 1. The number of likely N-dealkylation sites (tertiary alicyclic amines) is 1. The average molecular weight is 278 g/mol. The van der Waals surface area contributed by atoms with Crippen LogP contribution in [0.5, 0.6) is 0 Å². The van der Waals surface area contributed by atoms with Gasteiger partial charge in [0.25, 0.3) is 0 Å². The Morgan fingerprint density at radius 1 is 1.40 bits per heavy atom. The van der Waals surface area contributed by atoms with Crippen molar-refractivity contribution in [2.45, 2.75) is 51.6 Å². The molecule has 1 heterocycles. The van der Waals surface area contributed by atoms with Crippen molar-refractivity contribution in [2.24, 2.45) is 11.7 Å². The number of nitrogens with two attached hydrogens (primary N) is 1. The lowest BCUT2D eigenvalue weighted by Gasteiger charge is -2.49. The van der Waals surface area contributed by atoms with Gasteiger partial charge >= 0.3 is 0 Å². The van der Waals surface area contributed by atoms with E-state index in [1.54, 1.807) is 12.1 Å². The highest BCUT2D eigenvalue weighted by atomic mass is 19.1. The van der Waals surface area contributed by atoms with Gasteiger partial charge in [-0.2, -0.15) is 0 Å². The molecule has 0 aliphatic carbocycles. The van der Waals surface area contributed by atoms with Crippen molar-refractivity contribution >= 4 is 0 Å². The monoisotopic (exact) mass is 278 g/mol. The van der Waals surface area contributed by atoms with Crippen LogP contribution < -0.4 is 5.73 Å². The predicted molar refractivity (Wildman–Crippen MR) is 82.1 cm³/mol. The van der Waals surface area contributed by atoms with E-state index in [-0.39, 0.29) is 11.4 Å². The van der Waals surface area contributed by atoms with Gasteiger partial charge in [-0.15, -0.1) is 0 Å². The van der Waals surface area contributed by atoms with Gasteiger partial charge in [0.1, 0.15) is 5.82 Å². The molecule has 2 rings (SSSR count). The first-order valence-electron chi connectivity index (χ1n) is 7.67. The summed E-state index contributed by atoms with van der Waals surface area (Å²) in [5.74, 6) is 0.532. The predicted octanol–water partition coefficient (Wildman–Crippen LogP) is 3.21. The van der Waals surface area contributed by atoms with E-state index < -0.39 is 0 Å². The molecule has 3 heteroatoms. The fourth-order valence-corrected chi connectivity index (χ4v) is 3.47. The van der Waals surface area contributed by atoms with Crippen LogP contribution in [0.4, 0.5) is 4.39 Å². The second kappa shape index (κ2) is 6.23.